The first-order valence-corrected chi connectivity index (χ1v) is 7.07. The van der Waals surface area contributed by atoms with Crippen LogP contribution in [0, 0.1) is 17.0 Å². The van der Waals surface area contributed by atoms with Gasteiger partial charge >= 0.3 is 0 Å². The Hall–Kier alpha value is -3.49. The smallest absolute Gasteiger partial charge is 0.273 e. The molecule has 0 unspecified atom stereocenters. The molecule has 0 aliphatic heterocycles. The number of nitrogens with zero attached hydrogens (tertiary/aromatic N) is 3. The number of rotatable bonds is 5. The van der Waals surface area contributed by atoms with E-state index >= 15 is 0 Å². The summed E-state index contributed by atoms with van der Waals surface area (Å²) in [5.74, 6) is -0.923. The second-order valence-corrected chi connectivity index (χ2v) is 5.13. The zero-order valence-corrected chi connectivity index (χ0v) is 13.7. The highest BCUT2D eigenvalue weighted by molar-refractivity contribution is 5.98. The summed E-state index contributed by atoms with van der Waals surface area (Å²) >= 11 is 0. The van der Waals surface area contributed by atoms with Gasteiger partial charge in [0.25, 0.3) is 5.69 Å². The van der Waals surface area contributed by atoms with Crippen molar-refractivity contribution in [2.24, 2.45) is 10.2 Å². The molecule has 0 aromatic heterocycles. The number of phenols is 2. The van der Waals surface area contributed by atoms with Gasteiger partial charge < -0.3 is 14.9 Å². The number of benzene rings is 2. The van der Waals surface area contributed by atoms with Gasteiger partial charge in [0.1, 0.15) is 22.9 Å². The third-order valence-electron chi connectivity index (χ3n) is 3.51. The first-order chi connectivity index (χ1) is 11.8. The Balaban J connectivity index is 2.49. The molecule has 0 radical (unpaired) electrons. The molecule has 0 atom stereocenters. The van der Waals surface area contributed by atoms with Gasteiger partial charge in [0.2, 0.25) is 0 Å². The molecule has 0 heterocycles. The number of non-ortho nitro benzene ring substituents is 1. The minimum atomic E-state index is -0.572. The number of nitro groups is 1. The van der Waals surface area contributed by atoms with Crippen LogP contribution in [0.2, 0.25) is 0 Å². The number of hydrogen-bond donors (Lipinski definition) is 2. The number of hydrogen-bond acceptors (Lipinski definition) is 8. The first kappa shape index (κ1) is 17.9. The van der Waals surface area contributed by atoms with Crippen molar-refractivity contribution in [3.05, 3.63) is 45.5 Å². The maximum absolute atomic E-state index is 11.6. The van der Waals surface area contributed by atoms with Gasteiger partial charge in [0, 0.05) is 11.6 Å². The summed E-state index contributed by atoms with van der Waals surface area (Å²) in [6.45, 7) is 2.70. The van der Waals surface area contributed by atoms with Crippen molar-refractivity contribution in [1.82, 2.24) is 0 Å². The predicted molar refractivity (Wildman–Crippen MR) is 88.3 cm³/mol. The van der Waals surface area contributed by atoms with Crippen molar-refractivity contribution in [3.63, 3.8) is 0 Å². The molecule has 0 amide bonds. The molecule has 2 aromatic rings. The van der Waals surface area contributed by atoms with E-state index in [1.54, 1.807) is 0 Å². The quantitative estimate of drug-likeness (QED) is 0.365. The van der Waals surface area contributed by atoms with E-state index < -0.39 is 10.7 Å². The third-order valence-corrected chi connectivity index (χ3v) is 3.51. The van der Waals surface area contributed by atoms with Crippen molar-refractivity contribution < 1.29 is 24.7 Å². The van der Waals surface area contributed by atoms with Crippen LogP contribution in [-0.2, 0) is 0 Å². The van der Waals surface area contributed by atoms with Gasteiger partial charge in [-0.2, -0.15) is 0 Å². The Morgan fingerprint density at radius 1 is 1.16 bits per heavy atom. The number of nitro benzene ring substituents is 1. The second-order valence-electron chi connectivity index (χ2n) is 5.13. The van der Waals surface area contributed by atoms with Crippen molar-refractivity contribution in [1.29, 1.82) is 0 Å². The average Bonchev–Trinajstić information content (AvgIpc) is 2.58. The maximum atomic E-state index is 11.6. The zero-order chi connectivity index (χ0) is 18.7. The molecule has 2 N–H and O–H groups in total. The number of carbonyl (C=O) groups excluding carboxylic acids is 1. The monoisotopic (exact) mass is 345 g/mol. The highest BCUT2D eigenvalue weighted by atomic mass is 16.6. The van der Waals surface area contributed by atoms with Crippen LogP contribution in [0.5, 0.6) is 17.2 Å². The normalized spacial score (nSPS) is 10.8. The Kier molecular flexibility index (Phi) is 4.97. The fourth-order valence-corrected chi connectivity index (χ4v) is 2.09. The number of ether oxygens (including phenoxy) is 1. The average molecular weight is 345 g/mol. The number of phenolic OH excluding ortho intramolecular Hbond substituents is 2. The van der Waals surface area contributed by atoms with E-state index in [-0.39, 0.29) is 45.4 Å². The summed E-state index contributed by atoms with van der Waals surface area (Å²) in [6.07, 6.45) is 0. The summed E-state index contributed by atoms with van der Waals surface area (Å²) in [7, 11) is 1.33. The summed E-state index contributed by atoms with van der Waals surface area (Å²) in [4.78, 5) is 21.8. The van der Waals surface area contributed by atoms with E-state index in [2.05, 4.69) is 10.2 Å². The molecule has 0 aliphatic carbocycles. The molecular weight excluding hydrogens is 330 g/mol. The molecular formula is C16H15N3O6. The van der Waals surface area contributed by atoms with Crippen LogP contribution in [0.1, 0.15) is 22.8 Å². The van der Waals surface area contributed by atoms with E-state index in [1.165, 1.54) is 45.2 Å². The van der Waals surface area contributed by atoms with E-state index in [4.69, 9.17) is 4.74 Å². The minimum Gasteiger partial charge on any atom is -0.507 e. The lowest BCUT2D eigenvalue weighted by molar-refractivity contribution is -0.384. The molecule has 130 valence electrons. The van der Waals surface area contributed by atoms with Crippen LogP contribution in [0.25, 0.3) is 0 Å². The lowest BCUT2D eigenvalue weighted by atomic mass is 10.0. The Morgan fingerprint density at radius 2 is 1.80 bits per heavy atom. The van der Waals surface area contributed by atoms with Gasteiger partial charge in [-0.05, 0) is 26.0 Å². The van der Waals surface area contributed by atoms with Gasteiger partial charge in [0.05, 0.1) is 23.7 Å². The number of azo groups is 1. The van der Waals surface area contributed by atoms with Crippen LogP contribution in [0.3, 0.4) is 0 Å². The van der Waals surface area contributed by atoms with E-state index in [0.29, 0.717) is 0 Å². The number of methoxy groups -OCH3 is 1. The third kappa shape index (κ3) is 3.55. The molecule has 0 bridgehead atoms. The number of ketones is 1. The van der Waals surface area contributed by atoms with Crippen LogP contribution in [-0.4, -0.2) is 28.0 Å². The fourth-order valence-electron chi connectivity index (χ4n) is 2.09. The maximum Gasteiger partial charge on any atom is 0.273 e. The van der Waals surface area contributed by atoms with E-state index in [1.807, 2.05) is 0 Å². The van der Waals surface area contributed by atoms with Gasteiger partial charge in [-0.1, -0.05) is 0 Å². The van der Waals surface area contributed by atoms with Crippen LogP contribution < -0.4 is 4.74 Å². The molecule has 0 saturated carbocycles. The summed E-state index contributed by atoms with van der Waals surface area (Å²) in [6, 6.07) is 4.98. The fraction of sp³-hybridized carbons (Fsp3) is 0.188. The predicted octanol–water partition coefficient (Wildman–Crippen LogP) is 3.94. The molecule has 0 saturated heterocycles. The Labute approximate surface area is 142 Å². The lowest BCUT2D eigenvalue weighted by Gasteiger charge is -2.09. The van der Waals surface area contributed by atoms with Crippen LogP contribution in [0.15, 0.2) is 34.5 Å². The van der Waals surface area contributed by atoms with Crippen molar-refractivity contribution in [2.45, 2.75) is 13.8 Å². The molecule has 9 heteroatoms. The van der Waals surface area contributed by atoms with E-state index in [9.17, 15) is 25.1 Å². The van der Waals surface area contributed by atoms with Gasteiger partial charge in [-0.25, -0.2) is 0 Å². The first-order valence-electron chi connectivity index (χ1n) is 7.07. The molecule has 0 fully saturated rings. The highest BCUT2D eigenvalue weighted by Gasteiger charge is 2.17. The molecule has 9 nitrogen and oxygen atoms in total. The molecule has 2 aromatic carbocycles. The van der Waals surface area contributed by atoms with Crippen LogP contribution >= 0.6 is 0 Å². The summed E-state index contributed by atoms with van der Waals surface area (Å²) in [5, 5.41) is 38.5. The van der Waals surface area contributed by atoms with Crippen molar-refractivity contribution in [3.8, 4) is 17.2 Å². The highest BCUT2D eigenvalue weighted by Crippen LogP contribution is 2.40. The molecule has 0 aliphatic rings. The SMILES string of the molecule is COc1cc([N+](=O)[O-])ccc1N=Nc1cc(C(C)=O)c(O)c(C)c1O. The molecule has 2 rings (SSSR count). The largest absolute Gasteiger partial charge is 0.507 e. The van der Waals surface area contributed by atoms with Gasteiger partial charge in [0.15, 0.2) is 11.5 Å². The standard InChI is InChI=1S/C16H15N3O6/c1-8-15(21)11(9(2)20)7-13(16(8)22)18-17-12-5-4-10(19(23)24)6-14(12)25-3/h4-7,21-22H,1-3H3. The van der Waals surface area contributed by atoms with Crippen LogP contribution in [0.4, 0.5) is 17.1 Å². The zero-order valence-electron chi connectivity index (χ0n) is 13.7. The molecule has 0 spiro atoms. The van der Waals surface area contributed by atoms with Crippen molar-refractivity contribution in [2.75, 3.05) is 7.11 Å². The van der Waals surface area contributed by atoms with Crippen molar-refractivity contribution >= 4 is 22.8 Å². The van der Waals surface area contributed by atoms with Gasteiger partial charge in [-0.3, -0.25) is 14.9 Å². The second kappa shape index (κ2) is 6.95. The number of Topliss-reactive ketones (excluding diaryl/α,β-unsaturated/α-hetero) is 1. The van der Waals surface area contributed by atoms with E-state index in [0.717, 1.165) is 0 Å². The lowest BCUT2D eigenvalue weighted by Crippen LogP contribution is -1.94. The summed E-state index contributed by atoms with van der Waals surface area (Å²) in [5.41, 5.74) is 0.0960. The minimum absolute atomic E-state index is 0.0000792. The number of carbonyl (C=O) groups is 1. The Morgan fingerprint density at radius 3 is 2.36 bits per heavy atom. The Bertz CT molecular complexity index is 892. The number of aromatic hydroxyl groups is 2. The topological polar surface area (TPSA) is 135 Å². The molecule has 25 heavy (non-hydrogen) atoms. The summed E-state index contributed by atoms with van der Waals surface area (Å²) < 4.78 is 5.04. The van der Waals surface area contributed by atoms with Gasteiger partial charge in [-0.15, -0.1) is 10.2 Å².